The van der Waals surface area contributed by atoms with Crippen molar-refractivity contribution >= 4 is 22.7 Å². The van der Waals surface area contributed by atoms with E-state index >= 15 is 0 Å². The van der Waals surface area contributed by atoms with Crippen LogP contribution in [0.1, 0.15) is 44.9 Å². The zero-order chi connectivity index (χ0) is 18.6. The molecule has 4 heteroatoms. The number of allylic oxidation sites excluding steroid dienone is 1. The summed E-state index contributed by atoms with van der Waals surface area (Å²) in [6.45, 7) is 2.69. The fourth-order valence-corrected chi connectivity index (χ4v) is 3.95. The van der Waals surface area contributed by atoms with E-state index < -0.39 is 0 Å². The largest absolute Gasteiger partial charge is 0.494 e. The molecule has 0 saturated heterocycles. The lowest BCUT2D eigenvalue weighted by molar-refractivity contribution is 0.104. The maximum atomic E-state index is 12.4. The molecule has 0 unspecified atom stereocenters. The average Bonchev–Trinajstić information content (AvgIpc) is 3.25. The Kier molecular flexibility index (Phi) is 5.16. The van der Waals surface area contributed by atoms with Crippen LogP contribution in [-0.2, 0) is 6.42 Å². The molecule has 0 aliphatic heterocycles. The summed E-state index contributed by atoms with van der Waals surface area (Å²) in [5.41, 5.74) is 6.66. The third-order valence-electron chi connectivity index (χ3n) is 4.79. The van der Waals surface area contributed by atoms with Gasteiger partial charge < -0.3 is 4.74 Å². The standard InChI is InChI=1S/C23H21NO2S/c1-16-23(24-15-27-16)21-14-22(25)20-13-18(10-11-19(20)21)26-12-6-5-9-17-7-3-2-4-8-17/h2-4,7-8,10-11,13-15H,5-6,9,12H2,1H3. The number of fused-ring (bicyclic) bond motifs is 1. The van der Waals surface area contributed by atoms with Gasteiger partial charge in [0.25, 0.3) is 0 Å². The molecule has 1 aliphatic carbocycles. The second kappa shape index (κ2) is 7.89. The summed E-state index contributed by atoms with van der Waals surface area (Å²) in [5.74, 6) is 0.786. The van der Waals surface area contributed by atoms with Gasteiger partial charge in [0.05, 0.1) is 17.8 Å². The first-order valence-corrected chi connectivity index (χ1v) is 10.1. The number of thiazole rings is 1. The van der Waals surface area contributed by atoms with Crippen LogP contribution in [0, 0.1) is 6.92 Å². The number of carbonyl (C=O) groups excluding carboxylic acids is 1. The lowest BCUT2D eigenvalue weighted by Gasteiger charge is -2.09. The molecule has 0 fully saturated rings. The first-order valence-electron chi connectivity index (χ1n) is 9.20. The van der Waals surface area contributed by atoms with Gasteiger partial charge >= 0.3 is 0 Å². The topological polar surface area (TPSA) is 39.2 Å². The molecule has 4 rings (SSSR count). The third-order valence-corrected chi connectivity index (χ3v) is 5.55. The molecule has 27 heavy (non-hydrogen) atoms. The molecular weight excluding hydrogens is 354 g/mol. The molecular formula is C23H21NO2S. The third kappa shape index (κ3) is 3.86. The number of hydrogen-bond acceptors (Lipinski definition) is 4. The van der Waals surface area contributed by atoms with Crippen LogP contribution in [0.4, 0.5) is 0 Å². The fraction of sp³-hybridized carbons (Fsp3) is 0.217. The number of unbranched alkanes of at least 4 members (excludes halogenated alkanes) is 1. The van der Waals surface area contributed by atoms with Crippen LogP contribution in [0.5, 0.6) is 5.75 Å². The molecule has 0 bridgehead atoms. The van der Waals surface area contributed by atoms with Crippen molar-refractivity contribution in [1.29, 1.82) is 0 Å². The van der Waals surface area contributed by atoms with Gasteiger partial charge in [-0.3, -0.25) is 4.79 Å². The molecule has 1 aromatic heterocycles. The van der Waals surface area contributed by atoms with Crippen LogP contribution >= 0.6 is 11.3 Å². The fourth-order valence-electron chi connectivity index (χ4n) is 3.36. The molecule has 3 aromatic rings. The SMILES string of the molecule is Cc1scnc1C1=CC(=O)c2cc(OCCCCc3ccccc3)ccc21. The Hall–Kier alpha value is -2.72. The van der Waals surface area contributed by atoms with Gasteiger partial charge in [-0.2, -0.15) is 0 Å². The molecule has 0 spiro atoms. The van der Waals surface area contributed by atoms with E-state index in [2.05, 4.69) is 29.2 Å². The molecule has 0 radical (unpaired) electrons. The van der Waals surface area contributed by atoms with Gasteiger partial charge in [0.1, 0.15) is 5.75 Å². The second-order valence-electron chi connectivity index (χ2n) is 6.68. The number of nitrogens with zero attached hydrogens (tertiary/aromatic N) is 1. The van der Waals surface area contributed by atoms with Gasteiger partial charge in [-0.05, 0) is 61.6 Å². The average molecular weight is 375 g/mol. The molecule has 0 saturated carbocycles. The Balaban J connectivity index is 1.36. The zero-order valence-electron chi connectivity index (χ0n) is 15.3. The van der Waals surface area contributed by atoms with Gasteiger partial charge in [0, 0.05) is 16.0 Å². The molecule has 2 aromatic carbocycles. The number of ketones is 1. The highest BCUT2D eigenvalue weighted by Gasteiger charge is 2.25. The van der Waals surface area contributed by atoms with Crippen molar-refractivity contribution in [2.45, 2.75) is 26.2 Å². The summed E-state index contributed by atoms with van der Waals surface area (Å²) in [7, 11) is 0. The molecule has 0 amide bonds. The number of carbonyl (C=O) groups is 1. The number of aromatic nitrogens is 1. The van der Waals surface area contributed by atoms with Crippen molar-refractivity contribution in [3.8, 4) is 5.75 Å². The summed E-state index contributed by atoms with van der Waals surface area (Å²) in [4.78, 5) is 18.0. The number of hydrogen-bond donors (Lipinski definition) is 0. The first-order chi connectivity index (χ1) is 13.2. The Morgan fingerprint density at radius 1 is 1.04 bits per heavy atom. The van der Waals surface area contributed by atoms with Crippen molar-refractivity contribution in [1.82, 2.24) is 4.98 Å². The van der Waals surface area contributed by atoms with Crippen LogP contribution in [0.2, 0.25) is 0 Å². The Labute approximate surface area is 163 Å². The highest BCUT2D eigenvalue weighted by atomic mass is 32.1. The number of benzene rings is 2. The van der Waals surface area contributed by atoms with Crippen molar-refractivity contribution < 1.29 is 9.53 Å². The molecule has 0 N–H and O–H groups in total. The second-order valence-corrected chi connectivity index (χ2v) is 7.74. The lowest BCUT2D eigenvalue weighted by atomic mass is 10.0. The number of ether oxygens (including phenoxy) is 1. The van der Waals surface area contributed by atoms with Crippen LogP contribution in [0.3, 0.4) is 0 Å². The van der Waals surface area contributed by atoms with E-state index in [1.54, 1.807) is 17.4 Å². The monoisotopic (exact) mass is 375 g/mol. The van der Waals surface area contributed by atoms with Crippen LogP contribution in [0.15, 0.2) is 60.1 Å². The summed E-state index contributed by atoms with van der Waals surface area (Å²) in [6, 6.07) is 16.3. The van der Waals surface area contributed by atoms with E-state index in [9.17, 15) is 4.79 Å². The Morgan fingerprint density at radius 3 is 2.67 bits per heavy atom. The van der Waals surface area contributed by atoms with E-state index in [0.29, 0.717) is 12.2 Å². The highest BCUT2D eigenvalue weighted by Crippen LogP contribution is 2.36. The minimum Gasteiger partial charge on any atom is -0.494 e. The predicted octanol–water partition coefficient (Wildman–Crippen LogP) is 5.48. The Morgan fingerprint density at radius 2 is 1.89 bits per heavy atom. The van der Waals surface area contributed by atoms with Crippen molar-refractivity contribution in [3.63, 3.8) is 0 Å². The van der Waals surface area contributed by atoms with Gasteiger partial charge in [0.15, 0.2) is 5.78 Å². The van der Waals surface area contributed by atoms with E-state index in [1.807, 2.05) is 36.7 Å². The molecule has 1 aliphatic rings. The summed E-state index contributed by atoms with van der Waals surface area (Å²) in [5, 5.41) is 0. The normalized spacial score (nSPS) is 12.8. The maximum absolute atomic E-state index is 12.4. The molecule has 3 nitrogen and oxygen atoms in total. The van der Waals surface area contributed by atoms with E-state index in [1.165, 1.54) is 5.56 Å². The van der Waals surface area contributed by atoms with Crippen molar-refractivity contribution in [2.75, 3.05) is 6.61 Å². The smallest absolute Gasteiger partial charge is 0.187 e. The van der Waals surface area contributed by atoms with Gasteiger partial charge in [-0.1, -0.05) is 30.3 Å². The van der Waals surface area contributed by atoms with Crippen molar-refractivity contribution in [3.05, 3.63) is 87.4 Å². The summed E-state index contributed by atoms with van der Waals surface area (Å²) < 4.78 is 5.88. The van der Waals surface area contributed by atoms with Crippen molar-refractivity contribution in [2.24, 2.45) is 0 Å². The van der Waals surface area contributed by atoms with E-state index in [4.69, 9.17) is 4.74 Å². The minimum atomic E-state index is 0.0296. The molecule has 0 atom stereocenters. The van der Waals surface area contributed by atoms with E-state index in [0.717, 1.165) is 46.7 Å². The van der Waals surface area contributed by atoms with Crippen LogP contribution in [-0.4, -0.2) is 17.4 Å². The van der Waals surface area contributed by atoms with Crippen LogP contribution in [0.25, 0.3) is 5.57 Å². The Bertz CT molecular complexity index is 989. The number of aryl methyl sites for hydroxylation is 2. The minimum absolute atomic E-state index is 0.0296. The maximum Gasteiger partial charge on any atom is 0.187 e. The summed E-state index contributed by atoms with van der Waals surface area (Å²) >= 11 is 1.60. The predicted molar refractivity (Wildman–Crippen MR) is 110 cm³/mol. The first kappa shape index (κ1) is 17.7. The van der Waals surface area contributed by atoms with Gasteiger partial charge in [-0.25, -0.2) is 4.98 Å². The quantitative estimate of drug-likeness (QED) is 0.513. The van der Waals surface area contributed by atoms with Crippen LogP contribution < -0.4 is 4.74 Å². The van der Waals surface area contributed by atoms with Gasteiger partial charge in [-0.15, -0.1) is 11.3 Å². The van der Waals surface area contributed by atoms with Gasteiger partial charge in [0.2, 0.25) is 0 Å². The number of rotatable bonds is 7. The molecule has 1 heterocycles. The highest BCUT2D eigenvalue weighted by molar-refractivity contribution is 7.09. The van der Waals surface area contributed by atoms with E-state index in [-0.39, 0.29) is 5.78 Å². The zero-order valence-corrected chi connectivity index (χ0v) is 16.1. The lowest BCUT2D eigenvalue weighted by Crippen LogP contribution is -2.00. The summed E-state index contributed by atoms with van der Waals surface area (Å²) in [6.07, 6.45) is 4.83. The molecule has 136 valence electrons.